The molecule has 1 fully saturated rings. The van der Waals surface area contributed by atoms with E-state index >= 15 is 0 Å². The molecule has 1 aromatic carbocycles. The van der Waals surface area contributed by atoms with Gasteiger partial charge in [-0.2, -0.15) is 0 Å². The summed E-state index contributed by atoms with van der Waals surface area (Å²) in [6.07, 6.45) is 1.11. The van der Waals surface area contributed by atoms with Crippen LogP contribution in [0.15, 0.2) is 24.3 Å². The molecular weight excluding hydrogens is 245 g/mol. The molecule has 1 aliphatic heterocycles. The number of nitrogens with zero attached hydrogens (tertiary/aromatic N) is 1. The van der Waals surface area contributed by atoms with E-state index in [0.717, 1.165) is 31.0 Å². The Morgan fingerprint density at radius 1 is 1.26 bits per heavy atom. The Balaban J connectivity index is 1.77. The van der Waals surface area contributed by atoms with E-state index in [1.807, 2.05) is 38.1 Å². The van der Waals surface area contributed by atoms with Crippen LogP contribution in [0, 0.1) is 5.92 Å². The fourth-order valence-corrected chi connectivity index (χ4v) is 2.21. The summed E-state index contributed by atoms with van der Waals surface area (Å²) in [5.41, 5.74) is 0. The van der Waals surface area contributed by atoms with Crippen molar-refractivity contribution in [2.24, 2.45) is 5.92 Å². The predicted molar refractivity (Wildman–Crippen MR) is 73.4 cm³/mol. The highest BCUT2D eigenvalue weighted by atomic mass is 19.1. The normalized spacial score (nSPS) is 19.9. The Morgan fingerprint density at radius 3 is 2.53 bits per heavy atom. The number of rotatable bonds is 6. The first-order valence-corrected chi connectivity index (χ1v) is 6.85. The Bertz CT molecular complexity index is 380. The van der Waals surface area contributed by atoms with Gasteiger partial charge in [-0.3, -0.25) is 9.29 Å². The van der Waals surface area contributed by atoms with Crippen LogP contribution >= 0.6 is 0 Å². The fraction of sp³-hybridized carbons (Fsp3) is 0.600. The van der Waals surface area contributed by atoms with Crippen molar-refractivity contribution in [3.05, 3.63) is 24.3 Å². The molecule has 19 heavy (non-hydrogen) atoms. The van der Waals surface area contributed by atoms with Crippen molar-refractivity contribution in [3.63, 3.8) is 0 Å². The zero-order chi connectivity index (χ0) is 13.7. The van der Waals surface area contributed by atoms with Crippen LogP contribution in [0.5, 0.6) is 11.5 Å². The van der Waals surface area contributed by atoms with E-state index in [2.05, 4.69) is 4.90 Å². The molecule has 0 N–H and O–H groups in total. The maximum absolute atomic E-state index is 12.5. The third-order valence-electron chi connectivity index (χ3n) is 3.20. The van der Waals surface area contributed by atoms with Crippen molar-refractivity contribution in [3.8, 4) is 11.5 Å². The van der Waals surface area contributed by atoms with Gasteiger partial charge < -0.3 is 9.47 Å². The Kier molecular flexibility index (Phi) is 5.02. The van der Waals surface area contributed by atoms with Crippen molar-refractivity contribution in [1.29, 1.82) is 0 Å². The topological polar surface area (TPSA) is 21.7 Å². The lowest BCUT2D eigenvalue weighted by Crippen LogP contribution is -2.26. The highest BCUT2D eigenvalue weighted by molar-refractivity contribution is 5.31. The molecule has 1 aliphatic rings. The van der Waals surface area contributed by atoms with Gasteiger partial charge >= 0.3 is 0 Å². The van der Waals surface area contributed by atoms with Gasteiger partial charge in [-0.25, -0.2) is 0 Å². The number of halogens is 1. The smallest absolute Gasteiger partial charge is 0.142 e. The minimum Gasteiger partial charge on any atom is -0.491 e. The SMILES string of the molecule is CC(C)Oc1ccc(OCN2CC[C@@H](CF)C2)cc1. The van der Waals surface area contributed by atoms with Crippen LogP contribution in [-0.4, -0.2) is 37.5 Å². The van der Waals surface area contributed by atoms with Gasteiger partial charge in [0, 0.05) is 19.0 Å². The summed E-state index contributed by atoms with van der Waals surface area (Å²) < 4.78 is 23.8. The standard InChI is InChI=1S/C15H22FNO2/c1-12(2)19-15-5-3-14(4-6-15)18-11-17-8-7-13(9-16)10-17/h3-6,12-13H,7-11H2,1-2H3/t13-/m0/s1. The van der Waals surface area contributed by atoms with Crippen molar-refractivity contribution < 1.29 is 13.9 Å². The maximum atomic E-state index is 12.5. The van der Waals surface area contributed by atoms with E-state index in [9.17, 15) is 4.39 Å². The molecule has 3 nitrogen and oxygen atoms in total. The number of alkyl halides is 1. The summed E-state index contributed by atoms with van der Waals surface area (Å²) in [4.78, 5) is 2.14. The summed E-state index contributed by atoms with van der Waals surface area (Å²) >= 11 is 0. The summed E-state index contributed by atoms with van der Waals surface area (Å²) in [5.74, 6) is 1.85. The van der Waals surface area contributed by atoms with E-state index in [4.69, 9.17) is 9.47 Å². The number of likely N-dealkylation sites (tertiary alicyclic amines) is 1. The average molecular weight is 267 g/mol. The van der Waals surface area contributed by atoms with Crippen LogP contribution in [0.2, 0.25) is 0 Å². The minimum absolute atomic E-state index is 0.175. The molecule has 0 spiro atoms. The second kappa shape index (κ2) is 6.75. The zero-order valence-corrected chi connectivity index (χ0v) is 11.6. The quantitative estimate of drug-likeness (QED) is 0.790. The third kappa shape index (κ3) is 4.39. The number of ether oxygens (including phenoxy) is 2. The van der Waals surface area contributed by atoms with Gasteiger partial charge in [-0.1, -0.05) is 0 Å². The molecule has 4 heteroatoms. The fourth-order valence-electron chi connectivity index (χ4n) is 2.21. The Hall–Kier alpha value is -1.29. The van der Waals surface area contributed by atoms with Gasteiger partial charge in [-0.15, -0.1) is 0 Å². The molecule has 0 saturated carbocycles. The lowest BCUT2D eigenvalue weighted by atomic mass is 10.1. The van der Waals surface area contributed by atoms with Crippen LogP contribution in [0.1, 0.15) is 20.3 Å². The van der Waals surface area contributed by atoms with Gasteiger partial charge in [0.25, 0.3) is 0 Å². The van der Waals surface area contributed by atoms with E-state index in [0.29, 0.717) is 6.73 Å². The van der Waals surface area contributed by atoms with Gasteiger partial charge in [0.05, 0.1) is 12.8 Å². The lowest BCUT2D eigenvalue weighted by molar-refractivity contribution is 0.145. The molecule has 1 heterocycles. The molecule has 1 saturated heterocycles. The molecule has 1 atom stereocenters. The van der Waals surface area contributed by atoms with Gasteiger partial charge in [-0.05, 0) is 44.5 Å². The van der Waals surface area contributed by atoms with Gasteiger partial charge in [0.2, 0.25) is 0 Å². The van der Waals surface area contributed by atoms with Crippen molar-refractivity contribution in [2.45, 2.75) is 26.4 Å². The van der Waals surface area contributed by atoms with Crippen molar-refractivity contribution in [1.82, 2.24) is 4.90 Å². The van der Waals surface area contributed by atoms with E-state index in [1.54, 1.807) is 0 Å². The molecule has 0 aliphatic carbocycles. The Morgan fingerprint density at radius 2 is 1.95 bits per heavy atom. The molecule has 0 radical (unpaired) electrons. The number of benzene rings is 1. The third-order valence-corrected chi connectivity index (χ3v) is 3.20. The highest BCUT2D eigenvalue weighted by Gasteiger charge is 2.22. The second-order valence-electron chi connectivity index (χ2n) is 5.30. The molecule has 106 valence electrons. The molecule has 2 rings (SSSR count). The summed E-state index contributed by atoms with van der Waals surface area (Å²) in [6, 6.07) is 7.62. The van der Waals surface area contributed by atoms with Crippen molar-refractivity contribution >= 4 is 0 Å². The molecule has 1 aromatic rings. The van der Waals surface area contributed by atoms with Crippen LogP contribution in [0.3, 0.4) is 0 Å². The van der Waals surface area contributed by atoms with E-state index in [-0.39, 0.29) is 18.7 Å². The summed E-state index contributed by atoms with van der Waals surface area (Å²) in [7, 11) is 0. The Labute approximate surface area is 114 Å². The van der Waals surface area contributed by atoms with Crippen LogP contribution in [0.25, 0.3) is 0 Å². The second-order valence-corrected chi connectivity index (χ2v) is 5.30. The first-order valence-electron chi connectivity index (χ1n) is 6.85. The molecule has 0 amide bonds. The van der Waals surface area contributed by atoms with Gasteiger partial charge in [0.15, 0.2) is 0 Å². The highest BCUT2D eigenvalue weighted by Crippen LogP contribution is 2.20. The largest absolute Gasteiger partial charge is 0.491 e. The molecule has 0 unspecified atom stereocenters. The van der Waals surface area contributed by atoms with Crippen molar-refractivity contribution in [2.75, 3.05) is 26.5 Å². The van der Waals surface area contributed by atoms with Crippen LogP contribution < -0.4 is 9.47 Å². The summed E-state index contributed by atoms with van der Waals surface area (Å²) in [5, 5.41) is 0. The van der Waals surface area contributed by atoms with E-state index < -0.39 is 0 Å². The lowest BCUT2D eigenvalue weighted by Gasteiger charge is -2.16. The number of hydrogen-bond donors (Lipinski definition) is 0. The first-order chi connectivity index (χ1) is 9.17. The maximum Gasteiger partial charge on any atom is 0.142 e. The number of hydrogen-bond acceptors (Lipinski definition) is 3. The molecule has 0 aromatic heterocycles. The zero-order valence-electron chi connectivity index (χ0n) is 11.6. The predicted octanol–water partition coefficient (Wildman–Crippen LogP) is 3.10. The monoisotopic (exact) mass is 267 g/mol. The average Bonchev–Trinajstić information content (AvgIpc) is 2.85. The van der Waals surface area contributed by atoms with Gasteiger partial charge in [0.1, 0.15) is 18.2 Å². The molecule has 0 bridgehead atoms. The molecular formula is C15H22FNO2. The first kappa shape index (κ1) is 14.1. The van der Waals surface area contributed by atoms with Crippen LogP contribution in [0.4, 0.5) is 4.39 Å². The minimum atomic E-state index is -0.224. The van der Waals surface area contributed by atoms with Crippen LogP contribution in [-0.2, 0) is 0 Å². The summed E-state index contributed by atoms with van der Waals surface area (Å²) in [6.45, 7) is 6.02. The van der Waals surface area contributed by atoms with E-state index in [1.165, 1.54) is 0 Å².